The Bertz CT molecular complexity index is 1200. The van der Waals surface area contributed by atoms with Crippen LogP contribution in [0.1, 0.15) is 40.0 Å². The first kappa shape index (κ1) is 61.1. The Kier molecular flexibility index (Phi) is 31.6. The lowest BCUT2D eigenvalue weighted by atomic mass is 9.94. The summed E-state index contributed by atoms with van der Waals surface area (Å²) in [5, 5.41) is 130. The molecule has 13 atom stereocenters. The summed E-state index contributed by atoms with van der Waals surface area (Å²) >= 11 is 0. The van der Waals surface area contributed by atoms with Crippen molar-refractivity contribution in [3.8, 4) is 0 Å². The molecule has 1 fully saturated rings. The summed E-state index contributed by atoms with van der Waals surface area (Å²) in [4.78, 5) is 26.1. The van der Waals surface area contributed by atoms with Crippen molar-refractivity contribution in [3.63, 3.8) is 0 Å². The molecule has 1 aliphatic rings. The number of amides is 1. The largest absolute Gasteiger partial charge is 0.461 e. The molecule has 13 unspecified atom stereocenters. The van der Waals surface area contributed by atoms with Crippen molar-refractivity contribution in [1.82, 2.24) is 4.90 Å². The highest BCUT2D eigenvalue weighted by atomic mass is 16.6. The van der Waals surface area contributed by atoms with Crippen molar-refractivity contribution in [3.05, 3.63) is 0 Å². The summed E-state index contributed by atoms with van der Waals surface area (Å²) in [6.45, 7) is -1.13. The summed E-state index contributed by atoms with van der Waals surface area (Å²) < 4.78 is 47.9. The summed E-state index contributed by atoms with van der Waals surface area (Å²) in [5.74, 6) is -1.73. The molecule has 0 bridgehead atoms. The van der Waals surface area contributed by atoms with Crippen molar-refractivity contribution >= 4 is 11.9 Å². The van der Waals surface area contributed by atoms with Gasteiger partial charge in [0.25, 0.3) is 5.91 Å². The van der Waals surface area contributed by atoms with Crippen molar-refractivity contribution in [2.45, 2.75) is 118 Å². The normalized spacial score (nSPS) is 22.5. The van der Waals surface area contributed by atoms with Crippen molar-refractivity contribution in [2.75, 3.05) is 125 Å². The summed E-state index contributed by atoms with van der Waals surface area (Å²) in [6, 6.07) is 0. The average Bonchev–Trinajstić information content (AvgIpc) is 3.25. The first-order valence-corrected chi connectivity index (χ1v) is 21.5. The Hall–Kier alpha value is -1.90. The summed E-state index contributed by atoms with van der Waals surface area (Å²) in [6.07, 6.45) is -13.6. The van der Waals surface area contributed by atoms with Crippen LogP contribution < -0.4 is 0 Å². The van der Waals surface area contributed by atoms with Crippen LogP contribution in [-0.4, -0.2) is 287 Å². The molecule has 1 saturated heterocycles. The molecule has 1 amide bonds. The van der Waals surface area contributed by atoms with E-state index in [4.69, 9.17) is 52.8 Å². The molecule has 1 aliphatic heterocycles. The number of cyclic esters (lactones) is 1. The van der Waals surface area contributed by atoms with Gasteiger partial charge in [0.2, 0.25) is 0 Å². The van der Waals surface area contributed by atoms with Gasteiger partial charge in [-0.05, 0) is 20.3 Å². The second-order valence-corrected chi connectivity index (χ2v) is 16.6. The molecule has 0 aromatic rings. The quantitative estimate of drug-likeness (QED) is 0.0254. The van der Waals surface area contributed by atoms with Gasteiger partial charge < -0.3 is 114 Å². The van der Waals surface area contributed by atoms with E-state index >= 15 is 0 Å². The monoisotopic (exact) mass is 955 g/mol. The van der Waals surface area contributed by atoms with E-state index in [0.29, 0.717) is 6.42 Å². The van der Waals surface area contributed by atoms with Crippen molar-refractivity contribution < 1.29 is 119 Å². The fraction of sp³-hybridized carbons (Fsp3) is 0.950. The van der Waals surface area contributed by atoms with Gasteiger partial charge in [-0.2, -0.15) is 0 Å². The first-order valence-electron chi connectivity index (χ1n) is 21.5. The predicted molar refractivity (Wildman–Crippen MR) is 221 cm³/mol. The van der Waals surface area contributed by atoms with E-state index in [1.165, 1.54) is 0 Å². The lowest BCUT2D eigenvalue weighted by Crippen LogP contribution is -2.50. The maximum Gasteiger partial charge on any atom is 0.335 e. The number of carbonyl (C=O) groups excluding carboxylic acids is 2. The lowest BCUT2D eigenvalue weighted by Gasteiger charge is -2.37. The third-order valence-corrected chi connectivity index (χ3v) is 9.65. The van der Waals surface area contributed by atoms with Crippen molar-refractivity contribution in [1.29, 1.82) is 0 Å². The molecule has 0 aromatic heterocycles. The maximum atomic E-state index is 13.6. The van der Waals surface area contributed by atoms with Gasteiger partial charge in [0.15, 0.2) is 12.2 Å². The summed E-state index contributed by atoms with van der Waals surface area (Å²) in [5.41, 5.74) is -2.13. The highest BCUT2D eigenvalue weighted by Gasteiger charge is 2.40. The minimum absolute atomic E-state index is 0.0106. The summed E-state index contributed by atoms with van der Waals surface area (Å²) in [7, 11) is 0. The molecular weight excluding hydrogens is 878 g/mol. The highest BCUT2D eigenvalue weighted by Crippen LogP contribution is 2.27. The molecule has 25 heteroatoms. The fourth-order valence-corrected chi connectivity index (χ4v) is 5.90. The zero-order valence-corrected chi connectivity index (χ0v) is 37.7. The van der Waals surface area contributed by atoms with Crippen LogP contribution in [0.3, 0.4) is 0 Å². The minimum atomic E-state index is -1.83. The molecule has 0 aliphatic carbocycles. The Morgan fingerprint density at radius 2 is 1.00 bits per heavy atom. The Labute approximate surface area is 378 Å². The van der Waals surface area contributed by atoms with E-state index < -0.39 is 136 Å². The van der Waals surface area contributed by atoms with Gasteiger partial charge in [0, 0.05) is 25.9 Å². The molecule has 0 saturated carbocycles. The zero-order valence-electron chi connectivity index (χ0n) is 37.7. The van der Waals surface area contributed by atoms with E-state index in [1.54, 1.807) is 20.8 Å². The first-order chi connectivity index (χ1) is 30.6. The van der Waals surface area contributed by atoms with Gasteiger partial charge in [-0.25, -0.2) is 4.79 Å². The number of aliphatic hydroxyl groups is 13. The van der Waals surface area contributed by atoms with Crippen LogP contribution in [0.5, 0.6) is 0 Å². The molecule has 1 heterocycles. The van der Waals surface area contributed by atoms with Crippen LogP contribution in [0.15, 0.2) is 0 Å². The van der Waals surface area contributed by atoms with Crippen molar-refractivity contribution in [2.24, 2.45) is 0 Å². The molecule has 0 aromatic carbocycles. The van der Waals surface area contributed by atoms with Crippen LogP contribution >= 0.6 is 0 Å². The number of hydrogen-bond donors (Lipinski definition) is 13. The fourth-order valence-electron chi connectivity index (χ4n) is 5.90. The minimum Gasteiger partial charge on any atom is -0.461 e. The topological polar surface area (TPSA) is 383 Å². The number of carbonyl (C=O) groups is 2. The average molecular weight is 956 g/mol. The third kappa shape index (κ3) is 28.3. The number of rotatable bonds is 40. The molecule has 0 radical (unpaired) electrons. The molecule has 386 valence electrons. The predicted octanol–water partition coefficient (Wildman–Crippen LogP) is -6.83. The van der Waals surface area contributed by atoms with E-state index in [0.717, 1.165) is 4.90 Å². The van der Waals surface area contributed by atoms with Gasteiger partial charge in [-0.3, -0.25) is 4.79 Å². The highest BCUT2D eigenvalue weighted by molar-refractivity contribution is 5.81. The zero-order chi connectivity index (χ0) is 49.0. The number of hydrogen-bond acceptors (Lipinski definition) is 24. The number of esters is 1. The third-order valence-electron chi connectivity index (χ3n) is 9.65. The Morgan fingerprint density at radius 3 is 1.35 bits per heavy atom. The lowest BCUT2D eigenvalue weighted by molar-refractivity contribution is -0.191. The van der Waals surface area contributed by atoms with Gasteiger partial charge >= 0.3 is 5.97 Å². The van der Waals surface area contributed by atoms with Gasteiger partial charge in [0.05, 0.1) is 130 Å². The molecule has 1 rings (SSSR count). The molecule has 0 spiro atoms. The second-order valence-electron chi connectivity index (χ2n) is 16.6. The van der Waals surface area contributed by atoms with Crippen LogP contribution in [0.2, 0.25) is 0 Å². The number of nitrogens with zero attached hydrogens (tertiary/aromatic N) is 1. The van der Waals surface area contributed by atoms with Gasteiger partial charge in [-0.1, -0.05) is 6.92 Å². The molecule has 65 heavy (non-hydrogen) atoms. The second kappa shape index (κ2) is 33.6. The van der Waals surface area contributed by atoms with E-state index in [-0.39, 0.29) is 92.1 Å². The van der Waals surface area contributed by atoms with E-state index in [9.17, 15) is 65.8 Å². The molecule has 13 N–H and O–H groups in total. The van der Waals surface area contributed by atoms with E-state index in [2.05, 4.69) is 0 Å². The van der Waals surface area contributed by atoms with Crippen LogP contribution in [0, 0.1) is 0 Å². The number of ether oxygens (including phenoxy) is 9. The van der Waals surface area contributed by atoms with Gasteiger partial charge in [0.1, 0.15) is 48.8 Å². The standard InChI is InChI=1S/C40H77NO24/c1-4-39(2,5-26(44)23-64-40(3)6-35(53)38(56)63-25-40)65-24-36(54)37(55)41(7-27(45)11-57-15-31(49)19-61-21-33(51)17-59-13-29(47)9-42)8-28(46)12-58-16-32(50)20-62-22-34(52)18-60-14-30(48)10-43/h26-36,42-54H,4-25H2,1-3H3. The molecular formula is C40H77NO24. The van der Waals surface area contributed by atoms with Crippen LogP contribution in [-0.2, 0) is 52.2 Å². The Morgan fingerprint density at radius 1 is 0.631 bits per heavy atom. The van der Waals surface area contributed by atoms with Gasteiger partial charge in [-0.15, -0.1) is 0 Å². The SMILES string of the molecule is CCC(C)(CC(O)COC1(C)COC(=O)C(O)C1)OCC(O)C(=O)N(CC(O)COCC(O)COCC(O)COCC(O)CO)CC(O)COCC(O)COCC(O)COCC(O)CO. The molecule has 25 nitrogen and oxygen atoms in total. The smallest absolute Gasteiger partial charge is 0.335 e. The van der Waals surface area contributed by atoms with Crippen LogP contribution in [0.25, 0.3) is 0 Å². The number of aliphatic hydroxyl groups excluding tert-OH is 13. The van der Waals surface area contributed by atoms with E-state index in [1.807, 2.05) is 0 Å². The Balaban J connectivity index is 2.77. The maximum absolute atomic E-state index is 13.6. The van der Waals surface area contributed by atoms with Crippen LogP contribution in [0.4, 0.5) is 0 Å².